The third kappa shape index (κ3) is 4.65. The standard InChI is InChI=1S/C28H30N2O.CH4/c1-2-3-20-4-6-21(7-5-20)18-26(31)23-9-8-22(10-13-28(19-23)14-15-28)27-24-11-16-29-25(24)12-17-30-27;/h1,4-7,11-12,16-17,22-23,29H,3,8-10,13-15,18-19H2;1H4. The topological polar surface area (TPSA) is 45.8 Å². The first-order valence-electron chi connectivity index (χ1n) is 11.6. The van der Waals surface area contributed by atoms with Crippen LogP contribution in [0.3, 0.4) is 0 Å². The van der Waals surface area contributed by atoms with E-state index in [2.05, 4.69) is 41.2 Å². The molecule has 1 spiro atoms. The summed E-state index contributed by atoms with van der Waals surface area (Å²) in [6.45, 7) is 0. The van der Waals surface area contributed by atoms with Gasteiger partial charge in [0.05, 0.1) is 5.69 Å². The van der Waals surface area contributed by atoms with Crippen LogP contribution in [0, 0.1) is 23.7 Å². The Bertz CT molecular complexity index is 1110. The maximum atomic E-state index is 13.3. The molecule has 1 aromatic carbocycles. The van der Waals surface area contributed by atoms with E-state index in [1.165, 1.54) is 36.8 Å². The van der Waals surface area contributed by atoms with Gasteiger partial charge in [-0.25, -0.2) is 0 Å². The Balaban J connectivity index is 0.00000245. The highest BCUT2D eigenvalue weighted by Gasteiger charge is 2.46. The summed E-state index contributed by atoms with van der Waals surface area (Å²) < 4.78 is 0. The van der Waals surface area contributed by atoms with Crippen molar-refractivity contribution in [3.63, 3.8) is 0 Å². The summed E-state index contributed by atoms with van der Waals surface area (Å²) >= 11 is 0. The van der Waals surface area contributed by atoms with Gasteiger partial charge in [-0.1, -0.05) is 31.7 Å². The highest BCUT2D eigenvalue weighted by molar-refractivity contribution is 5.84. The van der Waals surface area contributed by atoms with E-state index in [1.807, 2.05) is 18.5 Å². The number of ketones is 1. The zero-order valence-electron chi connectivity index (χ0n) is 18.1. The first-order chi connectivity index (χ1) is 15.2. The van der Waals surface area contributed by atoms with Crippen molar-refractivity contribution in [1.29, 1.82) is 0 Å². The quantitative estimate of drug-likeness (QED) is 0.465. The summed E-state index contributed by atoms with van der Waals surface area (Å²) in [5.41, 5.74) is 5.02. The number of rotatable bonds is 5. The van der Waals surface area contributed by atoms with Crippen LogP contribution in [0.4, 0.5) is 0 Å². The molecule has 0 radical (unpaired) electrons. The molecule has 32 heavy (non-hydrogen) atoms. The molecule has 2 unspecified atom stereocenters. The van der Waals surface area contributed by atoms with Gasteiger partial charge in [0, 0.05) is 48.0 Å². The fourth-order valence-electron chi connectivity index (χ4n) is 5.50. The average molecular weight is 427 g/mol. The van der Waals surface area contributed by atoms with E-state index in [1.54, 1.807) is 0 Å². The van der Waals surface area contributed by atoms with Crippen LogP contribution in [-0.2, 0) is 17.6 Å². The largest absolute Gasteiger partial charge is 0.361 e. The van der Waals surface area contributed by atoms with Crippen molar-refractivity contribution in [2.75, 3.05) is 0 Å². The van der Waals surface area contributed by atoms with Gasteiger partial charge in [-0.05, 0) is 73.6 Å². The van der Waals surface area contributed by atoms with Crippen LogP contribution in [-0.4, -0.2) is 15.8 Å². The van der Waals surface area contributed by atoms with E-state index < -0.39 is 0 Å². The summed E-state index contributed by atoms with van der Waals surface area (Å²) in [7, 11) is 0. The molecular weight excluding hydrogens is 392 g/mol. The fourth-order valence-corrected chi connectivity index (χ4v) is 5.50. The van der Waals surface area contributed by atoms with Crippen molar-refractivity contribution < 1.29 is 4.79 Å². The second kappa shape index (κ2) is 9.33. The predicted octanol–water partition coefficient (Wildman–Crippen LogP) is 6.63. The first-order valence-corrected chi connectivity index (χ1v) is 11.6. The molecule has 5 rings (SSSR count). The van der Waals surface area contributed by atoms with Crippen molar-refractivity contribution in [3.8, 4) is 12.3 Å². The van der Waals surface area contributed by atoms with Crippen molar-refractivity contribution in [1.82, 2.24) is 9.97 Å². The van der Waals surface area contributed by atoms with Gasteiger partial charge >= 0.3 is 0 Å². The predicted molar refractivity (Wildman–Crippen MR) is 131 cm³/mol. The van der Waals surface area contributed by atoms with E-state index >= 15 is 0 Å². The van der Waals surface area contributed by atoms with Crippen LogP contribution in [0.25, 0.3) is 10.9 Å². The van der Waals surface area contributed by atoms with Gasteiger partial charge in [-0.15, -0.1) is 12.3 Å². The zero-order valence-corrected chi connectivity index (χ0v) is 18.1. The lowest BCUT2D eigenvalue weighted by Crippen LogP contribution is -2.24. The van der Waals surface area contributed by atoms with Gasteiger partial charge in [0.2, 0.25) is 0 Å². The van der Waals surface area contributed by atoms with E-state index in [4.69, 9.17) is 11.4 Å². The summed E-state index contributed by atoms with van der Waals surface area (Å²) in [5, 5.41) is 1.24. The van der Waals surface area contributed by atoms with E-state index in [9.17, 15) is 4.79 Å². The second-order valence-electron chi connectivity index (χ2n) is 9.69. The Kier molecular flexibility index (Phi) is 6.51. The Hall–Kier alpha value is -2.86. The molecule has 3 nitrogen and oxygen atoms in total. The van der Waals surface area contributed by atoms with Crippen LogP contribution in [0.15, 0.2) is 48.8 Å². The molecule has 0 amide bonds. The van der Waals surface area contributed by atoms with Gasteiger partial charge in [0.1, 0.15) is 5.78 Å². The average Bonchev–Trinajstić information content (AvgIpc) is 3.37. The number of carbonyl (C=O) groups is 1. The molecule has 2 heterocycles. The fraction of sp³-hybridized carbons (Fsp3) is 0.448. The molecule has 2 aliphatic rings. The van der Waals surface area contributed by atoms with Crippen molar-refractivity contribution in [2.24, 2.45) is 11.3 Å². The van der Waals surface area contributed by atoms with Crippen LogP contribution in [0.5, 0.6) is 0 Å². The smallest absolute Gasteiger partial charge is 0.140 e. The number of pyridine rings is 1. The highest BCUT2D eigenvalue weighted by atomic mass is 16.1. The molecule has 0 bridgehead atoms. The summed E-state index contributed by atoms with van der Waals surface area (Å²) in [6.07, 6.45) is 18.6. The number of fused-ring (bicyclic) bond motifs is 1. The molecule has 2 fully saturated rings. The number of nitrogens with zero attached hydrogens (tertiary/aromatic N) is 1. The molecule has 166 valence electrons. The third-order valence-electron chi connectivity index (χ3n) is 7.58. The van der Waals surface area contributed by atoms with Gasteiger partial charge < -0.3 is 4.98 Å². The molecule has 2 aliphatic carbocycles. The third-order valence-corrected chi connectivity index (χ3v) is 7.58. The minimum atomic E-state index is 0. The second-order valence-corrected chi connectivity index (χ2v) is 9.69. The molecule has 2 saturated carbocycles. The molecule has 0 aliphatic heterocycles. The summed E-state index contributed by atoms with van der Waals surface area (Å²) in [4.78, 5) is 21.4. The number of Topliss-reactive ketones (excluding diaryl/α,β-unsaturated/α-hetero) is 1. The molecular formula is C29H34N2O. The number of aromatic amines is 1. The number of hydrogen-bond donors (Lipinski definition) is 1. The lowest BCUT2D eigenvalue weighted by molar-refractivity contribution is -0.123. The molecule has 2 atom stereocenters. The van der Waals surface area contributed by atoms with Crippen LogP contribution < -0.4 is 0 Å². The zero-order chi connectivity index (χ0) is 21.3. The number of carbonyl (C=O) groups excluding carboxylic acids is 1. The number of benzene rings is 1. The maximum absolute atomic E-state index is 13.3. The number of hydrogen-bond acceptors (Lipinski definition) is 2. The van der Waals surface area contributed by atoms with Gasteiger partial charge in [-0.3, -0.25) is 9.78 Å². The van der Waals surface area contributed by atoms with Gasteiger partial charge in [0.25, 0.3) is 0 Å². The van der Waals surface area contributed by atoms with Crippen molar-refractivity contribution in [3.05, 3.63) is 65.6 Å². The Labute approximate surface area is 192 Å². The Morgan fingerprint density at radius 2 is 1.84 bits per heavy atom. The minimum Gasteiger partial charge on any atom is -0.361 e. The van der Waals surface area contributed by atoms with Gasteiger partial charge in [-0.2, -0.15) is 0 Å². The molecule has 3 heteroatoms. The first kappa shape index (κ1) is 22.3. The van der Waals surface area contributed by atoms with Gasteiger partial charge in [0.15, 0.2) is 0 Å². The summed E-state index contributed by atoms with van der Waals surface area (Å²) in [6, 6.07) is 12.4. The number of nitrogens with one attached hydrogen (secondary N) is 1. The van der Waals surface area contributed by atoms with Crippen LogP contribution in [0.1, 0.15) is 75.1 Å². The molecule has 0 saturated heterocycles. The number of terminal acetylenes is 1. The molecule has 2 aromatic heterocycles. The number of aromatic nitrogens is 2. The molecule has 1 N–H and O–H groups in total. The van der Waals surface area contributed by atoms with E-state index in [-0.39, 0.29) is 13.3 Å². The Morgan fingerprint density at radius 3 is 2.59 bits per heavy atom. The Morgan fingerprint density at radius 1 is 1.06 bits per heavy atom. The van der Waals surface area contributed by atoms with Crippen LogP contribution >= 0.6 is 0 Å². The number of H-pyrrole nitrogens is 1. The lowest BCUT2D eigenvalue weighted by Gasteiger charge is -2.29. The van der Waals surface area contributed by atoms with Crippen molar-refractivity contribution >= 4 is 16.7 Å². The summed E-state index contributed by atoms with van der Waals surface area (Å²) in [5.74, 6) is 3.69. The lowest BCUT2D eigenvalue weighted by atomic mass is 9.75. The highest BCUT2D eigenvalue weighted by Crippen LogP contribution is 2.57. The van der Waals surface area contributed by atoms with E-state index in [0.717, 1.165) is 35.9 Å². The van der Waals surface area contributed by atoms with Crippen molar-refractivity contribution in [2.45, 2.75) is 71.1 Å². The van der Waals surface area contributed by atoms with E-state index in [0.29, 0.717) is 30.0 Å². The molecule has 3 aromatic rings. The minimum absolute atomic E-state index is 0. The van der Waals surface area contributed by atoms with Crippen LogP contribution in [0.2, 0.25) is 0 Å². The normalized spacial score (nSPS) is 21.8. The maximum Gasteiger partial charge on any atom is 0.140 e. The monoisotopic (exact) mass is 426 g/mol. The SMILES string of the molecule is C.C#CCc1ccc(CC(=O)C2CCC(c3nccc4[nH]ccc34)CCC3(CC3)C2)cc1.